The number of hydrogen-bond acceptors (Lipinski definition) is 4. The summed E-state index contributed by atoms with van der Waals surface area (Å²) < 4.78 is 32.8. The van der Waals surface area contributed by atoms with E-state index in [-0.39, 0.29) is 32.2 Å². The maximum Gasteiger partial charge on any atom is 0.306 e. The monoisotopic (exact) mass is 264 g/mol. The van der Waals surface area contributed by atoms with Gasteiger partial charge >= 0.3 is 5.97 Å². The van der Waals surface area contributed by atoms with Crippen molar-refractivity contribution in [1.82, 2.24) is 9.03 Å². The van der Waals surface area contributed by atoms with Gasteiger partial charge in [0.05, 0.1) is 19.1 Å². The van der Waals surface area contributed by atoms with Crippen molar-refractivity contribution in [2.24, 2.45) is 0 Å². The molecule has 2 rings (SSSR count). The van der Waals surface area contributed by atoms with Crippen LogP contribution in [0.1, 0.15) is 19.3 Å². The Labute approximate surface area is 99.9 Å². The summed E-state index contributed by atoms with van der Waals surface area (Å²) in [6.45, 7) is 0.621. The van der Waals surface area contributed by atoms with E-state index >= 15 is 0 Å². The molecule has 1 aliphatic heterocycles. The van der Waals surface area contributed by atoms with Crippen LogP contribution in [0.2, 0.25) is 0 Å². The second kappa shape index (κ2) is 4.89. The van der Waals surface area contributed by atoms with Crippen molar-refractivity contribution in [2.45, 2.75) is 31.4 Å². The van der Waals surface area contributed by atoms with Gasteiger partial charge in [-0.2, -0.15) is 17.4 Å². The summed E-state index contributed by atoms with van der Waals surface area (Å²) in [6, 6.07) is 0.0563. The maximum atomic E-state index is 11.9. The molecule has 1 heterocycles. The lowest BCUT2D eigenvalue weighted by molar-refractivity contribution is -0.141. The zero-order chi connectivity index (χ0) is 12.5. The van der Waals surface area contributed by atoms with Crippen LogP contribution in [0.15, 0.2) is 0 Å². The first-order valence-electron chi connectivity index (χ1n) is 5.58. The van der Waals surface area contributed by atoms with Gasteiger partial charge in [0.2, 0.25) is 0 Å². The van der Waals surface area contributed by atoms with Gasteiger partial charge in [0, 0.05) is 19.1 Å². The third-order valence-electron chi connectivity index (χ3n) is 2.74. The molecule has 1 atom stereocenters. The van der Waals surface area contributed by atoms with Crippen LogP contribution in [-0.2, 0) is 19.7 Å². The summed E-state index contributed by atoms with van der Waals surface area (Å²) in [5.74, 6) is -0.982. The van der Waals surface area contributed by atoms with Crippen molar-refractivity contribution in [3.8, 4) is 0 Å². The normalized spacial score (nSPS) is 26.9. The van der Waals surface area contributed by atoms with Crippen molar-refractivity contribution in [1.29, 1.82) is 0 Å². The van der Waals surface area contributed by atoms with Gasteiger partial charge in [-0.25, -0.2) is 0 Å². The van der Waals surface area contributed by atoms with Crippen LogP contribution in [0.4, 0.5) is 0 Å². The predicted molar refractivity (Wildman–Crippen MR) is 58.6 cm³/mol. The highest BCUT2D eigenvalue weighted by Gasteiger charge is 2.34. The van der Waals surface area contributed by atoms with E-state index in [4.69, 9.17) is 9.84 Å². The molecule has 8 heteroatoms. The largest absolute Gasteiger partial charge is 0.481 e. The fourth-order valence-corrected chi connectivity index (χ4v) is 3.20. The summed E-state index contributed by atoms with van der Waals surface area (Å²) in [6.07, 6.45) is 1.02. The van der Waals surface area contributed by atoms with Crippen molar-refractivity contribution in [3.63, 3.8) is 0 Å². The van der Waals surface area contributed by atoms with E-state index in [0.29, 0.717) is 0 Å². The molecule has 2 aliphatic rings. The van der Waals surface area contributed by atoms with Crippen molar-refractivity contribution in [2.75, 3.05) is 19.7 Å². The van der Waals surface area contributed by atoms with Crippen molar-refractivity contribution < 1.29 is 23.1 Å². The molecule has 2 N–H and O–H groups in total. The number of morpholine rings is 1. The summed E-state index contributed by atoms with van der Waals surface area (Å²) >= 11 is 0. The molecule has 98 valence electrons. The first-order chi connectivity index (χ1) is 7.97. The second-order valence-electron chi connectivity index (χ2n) is 4.35. The predicted octanol–water partition coefficient (Wildman–Crippen LogP) is -0.841. The van der Waals surface area contributed by atoms with Crippen molar-refractivity contribution >= 4 is 16.2 Å². The Hall–Kier alpha value is -0.700. The fourth-order valence-electron chi connectivity index (χ4n) is 1.72. The molecule has 0 aromatic rings. The number of ether oxygens (including phenoxy) is 1. The average Bonchev–Trinajstić information content (AvgIpc) is 3.00. The van der Waals surface area contributed by atoms with Gasteiger partial charge in [0.15, 0.2) is 0 Å². The molecule has 2 fully saturated rings. The van der Waals surface area contributed by atoms with Crippen LogP contribution >= 0.6 is 0 Å². The first kappa shape index (κ1) is 12.7. The van der Waals surface area contributed by atoms with Gasteiger partial charge in [-0.3, -0.25) is 4.79 Å². The summed E-state index contributed by atoms with van der Waals surface area (Å²) in [4.78, 5) is 10.5. The summed E-state index contributed by atoms with van der Waals surface area (Å²) in [5, 5.41) is 8.65. The molecule has 1 unspecified atom stereocenters. The van der Waals surface area contributed by atoms with E-state index in [0.717, 1.165) is 12.8 Å². The highest BCUT2D eigenvalue weighted by molar-refractivity contribution is 7.87. The van der Waals surface area contributed by atoms with Crippen LogP contribution in [0.3, 0.4) is 0 Å². The molecule has 0 amide bonds. The molecule has 0 spiro atoms. The topological polar surface area (TPSA) is 95.9 Å². The fraction of sp³-hybridized carbons (Fsp3) is 0.889. The first-order valence-corrected chi connectivity index (χ1v) is 7.02. The van der Waals surface area contributed by atoms with Gasteiger partial charge in [-0.1, -0.05) is 0 Å². The minimum absolute atomic E-state index is 0.0563. The summed E-state index contributed by atoms with van der Waals surface area (Å²) in [7, 11) is -3.48. The molecule has 17 heavy (non-hydrogen) atoms. The van der Waals surface area contributed by atoms with E-state index in [9.17, 15) is 13.2 Å². The number of nitrogens with zero attached hydrogens (tertiary/aromatic N) is 1. The number of aliphatic carboxylic acids is 1. The van der Waals surface area contributed by atoms with E-state index in [1.165, 1.54) is 4.31 Å². The van der Waals surface area contributed by atoms with Crippen LogP contribution < -0.4 is 4.72 Å². The lowest BCUT2D eigenvalue weighted by Crippen LogP contribution is -2.50. The number of carbonyl (C=O) groups is 1. The minimum Gasteiger partial charge on any atom is -0.481 e. The molecule has 1 aliphatic carbocycles. The van der Waals surface area contributed by atoms with Crippen LogP contribution in [0, 0.1) is 0 Å². The number of hydrogen-bond donors (Lipinski definition) is 2. The Kier molecular flexibility index (Phi) is 3.67. The SMILES string of the molecule is O=C(O)CC1CN(S(=O)(=O)NC2CC2)CCO1. The lowest BCUT2D eigenvalue weighted by Gasteiger charge is -2.31. The van der Waals surface area contributed by atoms with Crippen LogP contribution in [0.25, 0.3) is 0 Å². The maximum absolute atomic E-state index is 11.9. The van der Waals surface area contributed by atoms with E-state index < -0.39 is 22.3 Å². The molecule has 0 radical (unpaired) electrons. The minimum atomic E-state index is -3.48. The Morgan fingerprint density at radius 2 is 2.18 bits per heavy atom. The Balaban J connectivity index is 1.93. The highest BCUT2D eigenvalue weighted by Crippen LogP contribution is 2.21. The molecular weight excluding hydrogens is 248 g/mol. The molecule has 0 aromatic carbocycles. The van der Waals surface area contributed by atoms with Gasteiger partial charge in [0.25, 0.3) is 10.2 Å². The molecule has 0 bridgehead atoms. The number of carboxylic acid groups (broad SMARTS) is 1. The molecule has 1 saturated heterocycles. The number of carboxylic acids is 1. The Morgan fingerprint density at radius 1 is 1.47 bits per heavy atom. The van der Waals surface area contributed by atoms with E-state index in [2.05, 4.69) is 4.72 Å². The van der Waals surface area contributed by atoms with Gasteiger partial charge in [0.1, 0.15) is 0 Å². The third-order valence-corrected chi connectivity index (χ3v) is 4.38. The zero-order valence-electron chi connectivity index (χ0n) is 9.33. The lowest BCUT2D eigenvalue weighted by atomic mass is 10.2. The average molecular weight is 264 g/mol. The van der Waals surface area contributed by atoms with Gasteiger partial charge in [-0.15, -0.1) is 0 Å². The van der Waals surface area contributed by atoms with E-state index in [1.54, 1.807) is 0 Å². The van der Waals surface area contributed by atoms with E-state index in [1.807, 2.05) is 0 Å². The van der Waals surface area contributed by atoms with Crippen LogP contribution in [-0.4, -0.2) is 55.6 Å². The smallest absolute Gasteiger partial charge is 0.306 e. The third kappa shape index (κ3) is 3.63. The molecular formula is C9H16N2O5S. The zero-order valence-corrected chi connectivity index (χ0v) is 10.1. The van der Waals surface area contributed by atoms with Gasteiger partial charge in [-0.05, 0) is 12.8 Å². The highest BCUT2D eigenvalue weighted by atomic mass is 32.2. The quantitative estimate of drug-likeness (QED) is 0.675. The number of nitrogens with one attached hydrogen (secondary N) is 1. The second-order valence-corrected chi connectivity index (χ2v) is 6.05. The summed E-state index contributed by atoms with van der Waals surface area (Å²) in [5.41, 5.74) is 0. The number of rotatable bonds is 5. The van der Waals surface area contributed by atoms with Crippen LogP contribution in [0.5, 0.6) is 0 Å². The molecule has 1 saturated carbocycles. The Morgan fingerprint density at radius 3 is 2.76 bits per heavy atom. The van der Waals surface area contributed by atoms with Gasteiger partial charge < -0.3 is 9.84 Å². The molecule has 7 nitrogen and oxygen atoms in total. The standard InChI is InChI=1S/C9H16N2O5S/c12-9(13)5-8-6-11(3-4-16-8)17(14,15)10-7-1-2-7/h7-8,10H,1-6H2,(H,12,13). The Bertz CT molecular complexity index is 392. The molecule has 0 aromatic heterocycles. The van der Waals surface area contributed by atoms with Crippen molar-refractivity contribution in [3.05, 3.63) is 0 Å².